The highest BCUT2D eigenvalue weighted by molar-refractivity contribution is 7.86. The number of nitrogens with one attached hydrogen (secondary N) is 1. The molecule has 1 unspecified atom stereocenters. The summed E-state index contributed by atoms with van der Waals surface area (Å²) < 4.78 is 39.0. The number of rotatable bonds is 14. The Bertz CT molecular complexity index is 673. The molecule has 0 saturated carbocycles. The van der Waals surface area contributed by atoms with E-state index in [1.165, 1.54) is 20.8 Å². The number of hydrogen-bond acceptors (Lipinski definition) is 9. The lowest BCUT2D eigenvalue weighted by molar-refractivity contribution is -0.199. The first-order chi connectivity index (χ1) is 13.7. The number of esters is 2. The molecule has 30 heavy (non-hydrogen) atoms. The van der Waals surface area contributed by atoms with Gasteiger partial charge in [0.25, 0.3) is 10.1 Å². The molecule has 2 N–H and O–H groups in total. The smallest absolute Gasteiger partial charge is 0.338 e. The van der Waals surface area contributed by atoms with Gasteiger partial charge < -0.3 is 19.9 Å². The van der Waals surface area contributed by atoms with Crippen molar-refractivity contribution in [2.45, 2.75) is 73.2 Å². The van der Waals surface area contributed by atoms with Crippen molar-refractivity contribution in [2.24, 2.45) is 11.3 Å². The van der Waals surface area contributed by atoms with Crippen LogP contribution in [0.1, 0.15) is 60.8 Å². The summed E-state index contributed by atoms with van der Waals surface area (Å²) in [5.74, 6) is -2.08. The molecule has 0 aliphatic heterocycles. The van der Waals surface area contributed by atoms with Crippen LogP contribution in [0, 0.1) is 11.3 Å². The topological polar surface area (TPSA) is 145 Å². The third kappa shape index (κ3) is 12.1. The van der Waals surface area contributed by atoms with Crippen molar-refractivity contribution < 1.29 is 41.6 Å². The Morgan fingerprint density at radius 2 is 1.73 bits per heavy atom. The first-order valence-corrected chi connectivity index (χ1v) is 11.5. The molecule has 2 atom stereocenters. The molecule has 0 aromatic heterocycles. The molecular formula is C19H35NO9S. The number of aliphatic hydroxyl groups excluding tert-OH is 1. The minimum absolute atomic E-state index is 0.0765. The van der Waals surface area contributed by atoms with E-state index in [2.05, 4.69) is 5.32 Å². The SMILES string of the molecule is CCC(OC(=O)CC(C)C)OC(=O)[C@H](O)C(C)(C)COS(=O)(=O)CCCNC(C)=O. The molecule has 0 spiro atoms. The number of aliphatic hydroxyl groups is 1. The maximum Gasteiger partial charge on any atom is 0.338 e. The first-order valence-electron chi connectivity index (χ1n) is 9.89. The van der Waals surface area contributed by atoms with Crippen molar-refractivity contribution >= 4 is 28.0 Å². The maximum absolute atomic E-state index is 12.3. The van der Waals surface area contributed by atoms with E-state index in [0.29, 0.717) is 0 Å². The van der Waals surface area contributed by atoms with Crippen LogP contribution in [0.5, 0.6) is 0 Å². The van der Waals surface area contributed by atoms with E-state index in [9.17, 15) is 27.9 Å². The van der Waals surface area contributed by atoms with Crippen LogP contribution in [0.15, 0.2) is 0 Å². The Kier molecular flexibility index (Phi) is 12.1. The molecule has 10 nitrogen and oxygen atoms in total. The second kappa shape index (κ2) is 12.9. The number of carbonyl (C=O) groups excluding carboxylic acids is 3. The fourth-order valence-electron chi connectivity index (χ4n) is 2.12. The zero-order valence-corrected chi connectivity index (χ0v) is 19.4. The molecule has 0 rings (SSSR count). The molecule has 176 valence electrons. The van der Waals surface area contributed by atoms with Crippen molar-refractivity contribution in [3.05, 3.63) is 0 Å². The van der Waals surface area contributed by atoms with Gasteiger partial charge >= 0.3 is 11.9 Å². The van der Waals surface area contributed by atoms with Gasteiger partial charge in [0.05, 0.1) is 12.4 Å². The van der Waals surface area contributed by atoms with Crippen LogP contribution in [-0.2, 0) is 38.2 Å². The van der Waals surface area contributed by atoms with E-state index in [0.717, 1.165) is 0 Å². The van der Waals surface area contributed by atoms with Crippen molar-refractivity contribution in [3.8, 4) is 0 Å². The summed E-state index contributed by atoms with van der Waals surface area (Å²) in [5, 5.41) is 12.8. The van der Waals surface area contributed by atoms with Crippen LogP contribution < -0.4 is 5.32 Å². The van der Waals surface area contributed by atoms with Gasteiger partial charge in [-0.3, -0.25) is 13.8 Å². The maximum atomic E-state index is 12.3. The van der Waals surface area contributed by atoms with Crippen LogP contribution in [0.25, 0.3) is 0 Å². The van der Waals surface area contributed by atoms with Crippen LogP contribution in [-0.4, -0.2) is 62.7 Å². The van der Waals surface area contributed by atoms with Gasteiger partial charge in [0.2, 0.25) is 12.2 Å². The van der Waals surface area contributed by atoms with Crippen LogP contribution in [0.2, 0.25) is 0 Å². The predicted molar refractivity (Wildman–Crippen MR) is 109 cm³/mol. The van der Waals surface area contributed by atoms with Gasteiger partial charge in [-0.15, -0.1) is 0 Å². The zero-order valence-electron chi connectivity index (χ0n) is 18.6. The highest BCUT2D eigenvalue weighted by Crippen LogP contribution is 2.24. The molecule has 0 bridgehead atoms. The van der Waals surface area contributed by atoms with Crippen LogP contribution in [0.3, 0.4) is 0 Å². The lowest BCUT2D eigenvalue weighted by Crippen LogP contribution is -2.43. The van der Waals surface area contributed by atoms with Crippen molar-refractivity contribution in [2.75, 3.05) is 18.9 Å². The average Bonchev–Trinajstić information content (AvgIpc) is 2.61. The summed E-state index contributed by atoms with van der Waals surface area (Å²) in [4.78, 5) is 34.8. The van der Waals surface area contributed by atoms with Gasteiger partial charge in [-0.25, -0.2) is 4.79 Å². The molecule has 0 heterocycles. The molecule has 0 aliphatic carbocycles. The fourth-order valence-corrected chi connectivity index (χ4v) is 3.22. The minimum atomic E-state index is -3.91. The minimum Gasteiger partial charge on any atom is -0.425 e. The van der Waals surface area contributed by atoms with E-state index < -0.39 is 46.5 Å². The molecule has 0 aliphatic rings. The largest absolute Gasteiger partial charge is 0.425 e. The number of carbonyl (C=O) groups is 3. The number of ether oxygens (including phenoxy) is 2. The fraction of sp³-hybridized carbons (Fsp3) is 0.842. The van der Waals surface area contributed by atoms with Crippen molar-refractivity contribution in [3.63, 3.8) is 0 Å². The Hall–Kier alpha value is -1.72. The summed E-state index contributed by atoms with van der Waals surface area (Å²) >= 11 is 0. The third-order valence-corrected chi connectivity index (χ3v) is 5.20. The van der Waals surface area contributed by atoms with E-state index in [-0.39, 0.29) is 43.4 Å². The molecule has 0 radical (unpaired) electrons. The number of hydrogen-bond donors (Lipinski definition) is 2. The quantitative estimate of drug-likeness (QED) is 0.171. The third-order valence-electron chi connectivity index (χ3n) is 3.94. The normalized spacial score (nSPS) is 14.1. The molecular weight excluding hydrogens is 418 g/mol. The second-order valence-electron chi connectivity index (χ2n) is 8.11. The lowest BCUT2D eigenvalue weighted by Gasteiger charge is -2.29. The average molecular weight is 454 g/mol. The van der Waals surface area contributed by atoms with Crippen molar-refractivity contribution in [1.29, 1.82) is 0 Å². The predicted octanol–water partition coefficient (Wildman–Crippen LogP) is 1.11. The summed E-state index contributed by atoms with van der Waals surface area (Å²) in [6.07, 6.45) is -2.33. The Balaban J connectivity index is 4.70. The van der Waals surface area contributed by atoms with Gasteiger partial charge in [0, 0.05) is 31.7 Å². The summed E-state index contributed by atoms with van der Waals surface area (Å²) in [7, 11) is -3.91. The summed E-state index contributed by atoms with van der Waals surface area (Å²) in [5.41, 5.74) is -1.29. The Morgan fingerprint density at radius 1 is 1.13 bits per heavy atom. The standard InChI is InChI=1S/C19H35NO9S/c1-7-16(28-15(22)11-13(2)3)29-18(24)17(23)19(5,6)12-27-30(25,26)10-8-9-20-14(4)21/h13,16-17,23H,7-12H2,1-6H3,(H,20,21)/t16?,17-/m0/s1. The summed E-state index contributed by atoms with van der Waals surface area (Å²) in [6.45, 7) is 9.26. The molecule has 0 fully saturated rings. The van der Waals surface area contributed by atoms with E-state index in [4.69, 9.17) is 13.7 Å². The van der Waals surface area contributed by atoms with E-state index in [1.807, 2.05) is 13.8 Å². The van der Waals surface area contributed by atoms with Gasteiger partial charge in [0.1, 0.15) is 0 Å². The van der Waals surface area contributed by atoms with E-state index in [1.54, 1.807) is 6.92 Å². The molecule has 0 aromatic rings. The van der Waals surface area contributed by atoms with Gasteiger partial charge in [-0.1, -0.05) is 34.6 Å². The van der Waals surface area contributed by atoms with Crippen LogP contribution in [0.4, 0.5) is 0 Å². The van der Waals surface area contributed by atoms with Gasteiger partial charge in [0.15, 0.2) is 6.10 Å². The lowest BCUT2D eigenvalue weighted by atomic mass is 9.88. The highest BCUT2D eigenvalue weighted by atomic mass is 32.2. The molecule has 0 saturated heterocycles. The van der Waals surface area contributed by atoms with E-state index >= 15 is 0 Å². The number of amides is 1. The first kappa shape index (κ1) is 28.3. The second-order valence-corrected chi connectivity index (χ2v) is 9.87. The van der Waals surface area contributed by atoms with Gasteiger partial charge in [-0.05, 0) is 12.3 Å². The summed E-state index contributed by atoms with van der Waals surface area (Å²) in [6, 6.07) is 0. The van der Waals surface area contributed by atoms with Crippen LogP contribution >= 0.6 is 0 Å². The zero-order chi connectivity index (χ0) is 23.5. The monoisotopic (exact) mass is 453 g/mol. The molecule has 0 aromatic carbocycles. The Labute approximate surface area is 178 Å². The van der Waals surface area contributed by atoms with Gasteiger partial charge in [-0.2, -0.15) is 8.42 Å². The molecule has 1 amide bonds. The highest BCUT2D eigenvalue weighted by Gasteiger charge is 2.38. The van der Waals surface area contributed by atoms with Crippen molar-refractivity contribution in [1.82, 2.24) is 5.32 Å². The molecule has 11 heteroatoms. The Morgan fingerprint density at radius 3 is 2.23 bits per heavy atom.